The zero-order valence-electron chi connectivity index (χ0n) is 8.73. The van der Waals surface area contributed by atoms with Crippen molar-refractivity contribution in [1.29, 1.82) is 0 Å². The largest absolute Gasteiger partial charge is 0.394 e. The molecule has 0 aliphatic carbocycles. The van der Waals surface area contributed by atoms with Crippen LogP contribution in [0.5, 0.6) is 0 Å². The van der Waals surface area contributed by atoms with E-state index in [-0.39, 0.29) is 12.4 Å². The Balaban J connectivity index is 2.32. The van der Waals surface area contributed by atoms with E-state index in [1.54, 1.807) is 0 Å². The molecule has 4 atom stereocenters. The molecule has 94 valence electrons. The molecule has 1 aromatic heterocycles. The fraction of sp³-hybridized carbons (Fsp3) is 0.556. The van der Waals surface area contributed by atoms with E-state index in [4.69, 9.17) is 15.6 Å². The molecule has 2 heterocycles. The van der Waals surface area contributed by atoms with Gasteiger partial charge in [-0.25, -0.2) is 4.79 Å². The highest BCUT2D eigenvalue weighted by Gasteiger charge is 2.43. The Kier molecular flexibility index (Phi) is 3.48. The van der Waals surface area contributed by atoms with Crippen LogP contribution in [0.15, 0.2) is 17.1 Å². The highest BCUT2D eigenvalue weighted by atomic mass is 79.9. The summed E-state index contributed by atoms with van der Waals surface area (Å²) in [6, 6.07) is 1.46. The minimum atomic E-state index is -0.894. The van der Waals surface area contributed by atoms with E-state index >= 15 is 0 Å². The van der Waals surface area contributed by atoms with Crippen molar-refractivity contribution in [3.63, 3.8) is 0 Å². The van der Waals surface area contributed by atoms with E-state index < -0.39 is 29.0 Å². The number of aliphatic hydroxyl groups is 2. The summed E-state index contributed by atoms with van der Waals surface area (Å²) in [7, 11) is 0. The van der Waals surface area contributed by atoms with Gasteiger partial charge in [0.25, 0.3) is 0 Å². The van der Waals surface area contributed by atoms with Crippen molar-refractivity contribution in [2.45, 2.75) is 23.3 Å². The van der Waals surface area contributed by atoms with Crippen molar-refractivity contribution in [1.82, 2.24) is 9.55 Å². The van der Waals surface area contributed by atoms with E-state index in [1.807, 2.05) is 0 Å². The number of hydrogen-bond donors (Lipinski definition) is 3. The number of hydrogen-bond acceptors (Lipinski definition) is 6. The zero-order chi connectivity index (χ0) is 12.6. The van der Waals surface area contributed by atoms with Gasteiger partial charge in [0.2, 0.25) is 0 Å². The highest BCUT2D eigenvalue weighted by molar-refractivity contribution is 9.09. The van der Waals surface area contributed by atoms with E-state index in [2.05, 4.69) is 20.9 Å². The Hall–Kier alpha value is -0.960. The number of rotatable bonds is 2. The molecule has 7 nitrogen and oxygen atoms in total. The number of ether oxygens (including phenoxy) is 1. The molecule has 2 rings (SSSR count). The molecule has 0 bridgehead atoms. The predicted octanol–water partition coefficient (Wildman–Crippen LogP) is -1.16. The molecular formula is C9H12BrN3O4. The van der Waals surface area contributed by atoms with Crippen molar-refractivity contribution < 1.29 is 14.9 Å². The zero-order valence-corrected chi connectivity index (χ0v) is 10.3. The summed E-state index contributed by atoms with van der Waals surface area (Å²) in [5.74, 6) is 0.120. The van der Waals surface area contributed by atoms with Crippen molar-refractivity contribution in [3.8, 4) is 0 Å². The average molecular weight is 306 g/mol. The Bertz CT molecular complexity index is 466. The first-order valence-corrected chi connectivity index (χ1v) is 5.89. The van der Waals surface area contributed by atoms with Gasteiger partial charge < -0.3 is 20.7 Å². The lowest BCUT2D eigenvalue weighted by atomic mass is 10.2. The molecule has 4 N–H and O–H groups in total. The lowest BCUT2D eigenvalue weighted by Crippen LogP contribution is -2.32. The first kappa shape index (κ1) is 12.5. The number of alkyl halides is 1. The van der Waals surface area contributed by atoms with E-state index in [0.29, 0.717) is 0 Å². The average Bonchev–Trinajstić information content (AvgIpc) is 2.57. The summed E-state index contributed by atoms with van der Waals surface area (Å²) in [6.45, 7) is -0.323. The van der Waals surface area contributed by atoms with Crippen LogP contribution in [0.3, 0.4) is 0 Å². The van der Waals surface area contributed by atoms with Crippen LogP contribution < -0.4 is 11.4 Å². The van der Waals surface area contributed by atoms with Crippen molar-refractivity contribution >= 4 is 21.7 Å². The molecule has 1 saturated heterocycles. The second kappa shape index (κ2) is 4.73. The third kappa shape index (κ3) is 2.21. The van der Waals surface area contributed by atoms with Gasteiger partial charge in [0, 0.05) is 6.20 Å². The maximum Gasteiger partial charge on any atom is 0.351 e. The smallest absolute Gasteiger partial charge is 0.351 e. The molecule has 0 aromatic carbocycles. The van der Waals surface area contributed by atoms with E-state index in [1.165, 1.54) is 16.8 Å². The van der Waals surface area contributed by atoms with Gasteiger partial charge in [-0.3, -0.25) is 4.57 Å². The number of nitrogens with two attached hydrogens (primary N) is 1. The standard InChI is InChI=1S/C9H12BrN3O4/c10-6-7(15)4(3-14)17-8(6)13-2-1-5(11)12-9(13)16/h1-2,4,6-8,14-15H,3H2,(H2,11,12,16)/t4-,6+,7?,8-/m1/s1. The molecule has 8 heteroatoms. The van der Waals surface area contributed by atoms with Crippen LogP contribution in [0.1, 0.15) is 6.23 Å². The number of nitrogens with zero attached hydrogens (tertiary/aromatic N) is 2. The molecule has 0 saturated carbocycles. The number of halogens is 1. The van der Waals surface area contributed by atoms with E-state index in [0.717, 1.165) is 0 Å². The van der Waals surface area contributed by atoms with Crippen molar-refractivity contribution in [2.24, 2.45) is 0 Å². The monoisotopic (exact) mass is 305 g/mol. The fourth-order valence-corrected chi connectivity index (χ4v) is 2.42. The molecule has 1 unspecified atom stereocenters. The lowest BCUT2D eigenvalue weighted by molar-refractivity contribution is -0.0456. The second-order valence-electron chi connectivity index (χ2n) is 3.72. The highest BCUT2D eigenvalue weighted by Crippen LogP contribution is 2.33. The fourth-order valence-electron chi connectivity index (χ4n) is 1.70. The molecule has 1 aliphatic rings. The van der Waals surface area contributed by atoms with Crippen molar-refractivity contribution in [3.05, 3.63) is 22.7 Å². The number of nitrogen functional groups attached to an aromatic ring is 1. The van der Waals surface area contributed by atoms with Crippen LogP contribution in [0.2, 0.25) is 0 Å². The van der Waals surface area contributed by atoms with Crippen LogP contribution >= 0.6 is 15.9 Å². The quantitative estimate of drug-likeness (QED) is 0.594. The molecule has 1 aromatic rings. The summed E-state index contributed by atoms with van der Waals surface area (Å²) in [5, 5.41) is 18.7. The maximum atomic E-state index is 11.6. The van der Waals surface area contributed by atoms with Crippen LogP contribution in [0.4, 0.5) is 5.82 Å². The Labute approximate surface area is 105 Å². The molecule has 17 heavy (non-hydrogen) atoms. The summed E-state index contributed by atoms with van der Waals surface area (Å²) < 4.78 is 6.59. The summed E-state index contributed by atoms with van der Waals surface area (Å²) >= 11 is 3.24. The Morgan fingerprint density at radius 1 is 1.65 bits per heavy atom. The number of aromatic nitrogens is 2. The summed E-state index contributed by atoms with van der Waals surface area (Å²) in [4.78, 5) is 14.7. The first-order valence-electron chi connectivity index (χ1n) is 4.97. The Morgan fingerprint density at radius 2 is 2.35 bits per heavy atom. The molecule has 1 fully saturated rings. The normalized spacial score (nSPS) is 32.9. The summed E-state index contributed by atoms with van der Waals surface area (Å²) in [5.41, 5.74) is 4.81. The SMILES string of the molecule is Nc1ccn([C@@H]2O[C@H](CO)C(O)[C@@H]2Br)c(=O)n1. The van der Waals surface area contributed by atoms with Gasteiger partial charge >= 0.3 is 5.69 Å². The summed E-state index contributed by atoms with van der Waals surface area (Å²) in [6.07, 6.45) is -0.901. The van der Waals surface area contributed by atoms with Crippen LogP contribution in [0.25, 0.3) is 0 Å². The van der Waals surface area contributed by atoms with Gasteiger partial charge in [0.1, 0.15) is 11.9 Å². The minimum Gasteiger partial charge on any atom is -0.394 e. The lowest BCUT2D eigenvalue weighted by Gasteiger charge is -2.16. The topological polar surface area (TPSA) is 111 Å². The number of anilines is 1. The Morgan fingerprint density at radius 3 is 2.88 bits per heavy atom. The second-order valence-corrected chi connectivity index (χ2v) is 4.78. The van der Waals surface area contributed by atoms with Crippen LogP contribution in [-0.2, 0) is 4.74 Å². The molecule has 0 amide bonds. The number of aliphatic hydroxyl groups excluding tert-OH is 2. The minimum absolute atomic E-state index is 0.120. The van der Waals surface area contributed by atoms with Gasteiger partial charge in [-0.1, -0.05) is 15.9 Å². The van der Waals surface area contributed by atoms with Gasteiger partial charge in [-0.05, 0) is 6.07 Å². The third-order valence-electron chi connectivity index (χ3n) is 2.60. The van der Waals surface area contributed by atoms with Gasteiger partial charge in [-0.2, -0.15) is 4.98 Å². The molecule has 0 radical (unpaired) electrons. The van der Waals surface area contributed by atoms with Crippen LogP contribution in [-0.4, -0.2) is 43.4 Å². The van der Waals surface area contributed by atoms with Crippen molar-refractivity contribution in [2.75, 3.05) is 12.3 Å². The van der Waals surface area contributed by atoms with Gasteiger partial charge in [-0.15, -0.1) is 0 Å². The van der Waals surface area contributed by atoms with Gasteiger partial charge in [0.15, 0.2) is 6.23 Å². The van der Waals surface area contributed by atoms with Gasteiger partial charge in [0.05, 0.1) is 17.5 Å². The maximum absolute atomic E-state index is 11.6. The predicted molar refractivity (Wildman–Crippen MR) is 62.6 cm³/mol. The third-order valence-corrected chi connectivity index (χ3v) is 3.59. The van der Waals surface area contributed by atoms with Crippen LogP contribution in [0, 0.1) is 0 Å². The first-order chi connectivity index (χ1) is 8.04. The molecule has 0 spiro atoms. The molecule has 1 aliphatic heterocycles. The van der Waals surface area contributed by atoms with E-state index in [9.17, 15) is 9.90 Å². The molecular weight excluding hydrogens is 294 g/mol.